The maximum Gasteiger partial charge on any atom is 0.186 e. The van der Waals surface area contributed by atoms with Gasteiger partial charge in [0.25, 0.3) is 0 Å². The van der Waals surface area contributed by atoms with E-state index in [2.05, 4.69) is 0 Å². The Morgan fingerprint density at radius 3 is 2.29 bits per heavy atom. The van der Waals surface area contributed by atoms with Crippen LogP contribution in [0.15, 0.2) is 0 Å². The summed E-state index contributed by atoms with van der Waals surface area (Å²) < 4.78 is 15.0. The highest BCUT2D eigenvalue weighted by Gasteiger charge is 2.49. The summed E-state index contributed by atoms with van der Waals surface area (Å²) in [5, 5.41) is 66.3. The Hall–Kier alpha value is -0.400. The maximum atomic E-state index is 9.75. The lowest BCUT2D eigenvalue weighted by atomic mass is 9.99. The molecule has 10 heteroatoms. The number of hydrogen-bond acceptors (Lipinski definition) is 10. The maximum absolute atomic E-state index is 9.75. The van der Waals surface area contributed by atoms with Crippen molar-refractivity contribution in [3.63, 3.8) is 0 Å². The third-order valence-corrected chi connectivity index (χ3v) is 3.69. The zero-order valence-electron chi connectivity index (χ0n) is 11.0. The Kier molecular flexibility index (Phi) is 5.15. The molecule has 0 aromatic carbocycles. The van der Waals surface area contributed by atoms with Crippen LogP contribution in [0.4, 0.5) is 0 Å². The Morgan fingerprint density at radius 2 is 1.71 bits per heavy atom. The molecule has 2 rings (SSSR count). The van der Waals surface area contributed by atoms with Gasteiger partial charge in [0.15, 0.2) is 12.6 Å². The van der Waals surface area contributed by atoms with Crippen molar-refractivity contribution >= 4 is 0 Å². The average molecular weight is 312 g/mol. The van der Waals surface area contributed by atoms with Gasteiger partial charge in [-0.15, -0.1) is 0 Å². The summed E-state index contributed by atoms with van der Waals surface area (Å²) in [5.74, 6) is 0. The van der Waals surface area contributed by atoms with Gasteiger partial charge in [0, 0.05) is 0 Å². The number of aliphatic hydroxyl groups is 7. The first-order valence-electron chi connectivity index (χ1n) is 6.42. The predicted molar refractivity (Wildman–Crippen MR) is 62.6 cm³/mol. The summed E-state index contributed by atoms with van der Waals surface area (Å²) in [7, 11) is 0. The minimum absolute atomic E-state index is 0.340. The molecule has 0 aromatic rings. The van der Waals surface area contributed by atoms with Crippen molar-refractivity contribution in [1.29, 1.82) is 0 Å². The van der Waals surface area contributed by atoms with Gasteiger partial charge in [-0.2, -0.15) is 0 Å². The molecular formula is C11H20O10. The number of ether oxygens (including phenoxy) is 3. The van der Waals surface area contributed by atoms with Crippen molar-refractivity contribution in [3.8, 4) is 0 Å². The summed E-state index contributed by atoms with van der Waals surface area (Å²) in [4.78, 5) is 0. The molecule has 2 aliphatic heterocycles. The second kappa shape index (κ2) is 6.38. The molecule has 0 bridgehead atoms. The van der Waals surface area contributed by atoms with E-state index in [4.69, 9.17) is 19.3 Å². The first-order valence-corrected chi connectivity index (χ1v) is 6.42. The molecule has 0 aromatic heterocycles. The zero-order valence-corrected chi connectivity index (χ0v) is 11.0. The lowest BCUT2D eigenvalue weighted by Gasteiger charge is -2.38. The second-order valence-corrected chi connectivity index (χ2v) is 5.26. The molecule has 2 saturated heterocycles. The summed E-state index contributed by atoms with van der Waals surface area (Å²) >= 11 is 0. The van der Waals surface area contributed by atoms with Crippen molar-refractivity contribution in [2.24, 2.45) is 0 Å². The van der Waals surface area contributed by atoms with Crippen molar-refractivity contribution in [1.82, 2.24) is 0 Å². The fraction of sp³-hybridized carbons (Fsp3) is 1.00. The highest BCUT2D eigenvalue weighted by atomic mass is 16.7. The van der Waals surface area contributed by atoms with Gasteiger partial charge in [-0.25, -0.2) is 0 Å². The van der Waals surface area contributed by atoms with Crippen LogP contribution in [0.3, 0.4) is 0 Å². The van der Waals surface area contributed by atoms with Crippen LogP contribution >= 0.6 is 0 Å². The van der Waals surface area contributed by atoms with E-state index in [0.29, 0.717) is 0 Å². The predicted octanol–water partition coefficient (Wildman–Crippen LogP) is -4.76. The molecule has 21 heavy (non-hydrogen) atoms. The van der Waals surface area contributed by atoms with Crippen molar-refractivity contribution in [3.05, 3.63) is 0 Å². The summed E-state index contributed by atoms with van der Waals surface area (Å²) in [6, 6.07) is 0. The number of hydrogen-bond donors (Lipinski definition) is 7. The van der Waals surface area contributed by atoms with Gasteiger partial charge in [-0.05, 0) is 0 Å². The summed E-state index contributed by atoms with van der Waals surface area (Å²) in [5.41, 5.74) is -1.84. The number of aliphatic hydroxyl groups excluding tert-OH is 6. The molecule has 0 saturated carbocycles. The van der Waals surface area contributed by atoms with Crippen LogP contribution in [0.2, 0.25) is 0 Å². The lowest BCUT2D eigenvalue weighted by Crippen LogP contribution is -2.59. The smallest absolute Gasteiger partial charge is 0.186 e. The third-order valence-electron chi connectivity index (χ3n) is 3.69. The van der Waals surface area contributed by atoms with E-state index >= 15 is 0 Å². The monoisotopic (exact) mass is 312 g/mol. The van der Waals surface area contributed by atoms with Gasteiger partial charge in [0.1, 0.15) is 36.1 Å². The molecule has 2 fully saturated rings. The molecule has 0 spiro atoms. The van der Waals surface area contributed by atoms with Gasteiger partial charge in [0.05, 0.1) is 19.8 Å². The van der Waals surface area contributed by atoms with Crippen LogP contribution in [0.1, 0.15) is 0 Å². The van der Waals surface area contributed by atoms with Crippen molar-refractivity contribution < 1.29 is 50.0 Å². The summed E-state index contributed by atoms with van der Waals surface area (Å²) in [6.45, 7) is -1.45. The van der Waals surface area contributed by atoms with E-state index in [-0.39, 0.29) is 13.2 Å². The van der Waals surface area contributed by atoms with Crippen LogP contribution in [0, 0.1) is 0 Å². The average Bonchev–Trinajstić information content (AvgIpc) is 2.76. The zero-order chi connectivity index (χ0) is 15.8. The highest BCUT2D eigenvalue weighted by Crippen LogP contribution is 2.26. The topological polar surface area (TPSA) is 169 Å². The summed E-state index contributed by atoms with van der Waals surface area (Å²) in [6.07, 6.45) is -10.4. The molecule has 2 aliphatic rings. The van der Waals surface area contributed by atoms with Crippen LogP contribution in [0.25, 0.3) is 0 Å². The molecule has 2 heterocycles. The van der Waals surface area contributed by atoms with Crippen molar-refractivity contribution in [2.75, 3.05) is 19.8 Å². The van der Waals surface area contributed by atoms with E-state index in [1.54, 1.807) is 0 Å². The third kappa shape index (κ3) is 3.19. The minimum atomic E-state index is -1.84. The largest absolute Gasteiger partial charge is 0.393 e. The molecule has 10 nitrogen and oxygen atoms in total. The van der Waals surface area contributed by atoms with Crippen molar-refractivity contribution in [2.45, 2.75) is 48.7 Å². The van der Waals surface area contributed by atoms with Crippen LogP contribution < -0.4 is 0 Å². The normalized spacial score (nSPS) is 51.3. The number of rotatable bonds is 4. The van der Waals surface area contributed by atoms with Crippen LogP contribution in [-0.4, -0.2) is 104 Å². The Morgan fingerprint density at radius 1 is 1.05 bits per heavy atom. The quantitative estimate of drug-likeness (QED) is 0.267. The van der Waals surface area contributed by atoms with E-state index in [1.807, 2.05) is 0 Å². The van der Waals surface area contributed by atoms with Crippen LogP contribution in [-0.2, 0) is 14.2 Å². The minimum Gasteiger partial charge on any atom is -0.393 e. The first-order chi connectivity index (χ1) is 9.80. The van der Waals surface area contributed by atoms with E-state index < -0.39 is 55.3 Å². The van der Waals surface area contributed by atoms with Crippen LogP contribution in [0.5, 0.6) is 0 Å². The fourth-order valence-electron chi connectivity index (χ4n) is 2.19. The Bertz CT molecular complexity index is 354. The molecule has 124 valence electrons. The molecule has 0 aliphatic carbocycles. The Labute approximate surface area is 119 Å². The lowest BCUT2D eigenvalue weighted by molar-refractivity contribution is -0.297. The molecule has 0 unspecified atom stereocenters. The van der Waals surface area contributed by atoms with Gasteiger partial charge in [-0.3, -0.25) is 0 Å². The SMILES string of the molecule is OC[C@@]1(O)CO[C@@H](OC[C@@H]2O[C@@H](O)[C@H](O)[C@@H](O)[C@@H]2O)[C@@H]1O. The molecule has 8 atom stereocenters. The van der Waals surface area contributed by atoms with E-state index in [0.717, 1.165) is 0 Å². The molecule has 7 N–H and O–H groups in total. The molecule has 0 amide bonds. The fourth-order valence-corrected chi connectivity index (χ4v) is 2.19. The van der Waals surface area contributed by atoms with Gasteiger partial charge in [-0.1, -0.05) is 0 Å². The van der Waals surface area contributed by atoms with Gasteiger partial charge in [0.2, 0.25) is 0 Å². The standard InChI is InChI=1S/C11H20O10/c12-2-11(18)3-20-10(8(11)16)19-1-4-5(13)6(14)7(15)9(17)21-4/h4-10,12-18H,1-3H2/t4-,5+,6-,7+,8-,9+,10+,11+/m0/s1. The van der Waals surface area contributed by atoms with Gasteiger partial charge < -0.3 is 50.0 Å². The highest BCUT2D eigenvalue weighted by molar-refractivity contribution is 4.94. The Balaban J connectivity index is 1.89. The second-order valence-electron chi connectivity index (χ2n) is 5.26. The first kappa shape index (κ1) is 17.0. The van der Waals surface area contributed by atoms with E-state index in [1.165, 1.54) is 0 Å². The van der Waals surface area contributed by atoms with Gasteiger partial charge >= 0.3 is 0 Å². The van der Waals surface area contributed by atoms with E-state index in [9.17, 15) is 30.6 Å². The molecule has 0 radical (unpaired) electrons. The molecular weight excluding hydrogens is 292 g/mol.